The lowest BCUT2D eigenvalue weighted by Crippen LogP contribution is -2.34. The molecule has 1 aliphatic carbocycles. The topological polar surface area (TPSA) is 70.1 Å². The predicted octanol–water partition coefficient (Wildman–Crippen LogP) is 2.82. The van der Waals surface area contributed by atoms with Crippen molar-refractivity contribution in [3.63, 3.8) is 0 Å². The molecule has 0 saturated heterocycles. The molecule has 2 atom stereocenters. The molecule has 1 saturated carbocycles. The lowest BCUT2D eigenvalue weighted by molar-refractivity contribution is 0.178. The summed E-state index contributed by atoms with van der Waals surface area (Å²) in [6.07, 6.45) is 6.54. The van der Waals surface area contributed by atoms with Gasteiger partial charge in [0.25, 0.3) is 0 Å². The molecular weight excluding hydrogens is 264 g/mol. The lowest BCUT2D eigenvalue weighted by Gasteiger charge is -2.31. The van der Waals surface area contributed by atoms with Crippen LogP contribution in [0.15, 0.2) is 6.07 Å². The van der Waals surface area contributed by atoms with E-state index in [2.05, 4.69) is 34.4 Å². The molecule has 0 spiro atoms. The summed E-state index contributed by atoms with van der Waals surface area (Å²) in [6.45, 7) is 5.38. The number of anilines is 2. The van der Waals surface area contributed by atoms with Gasteiger partial charge < -0.3 is 15.7 Å². The van der Waals surface area contributed by atoms with Crippen LogP contribution in [0.3, 0.4) is 0 Å². The highest BCUT2D eigenvalue weighted by molar-refractivity contribution is 5.48. The molecule has 118 valence electrons. The zero-order valence-corrected chi connectivity index (χ0v) is 13.2. The summed E-state index contributed by atoms with van der Waals surface area (Å²) in [5.41, 5.74) is 0. The van der Waals surface area contributed by atoms with Crippen LogP contribution < -0.4 is 10.6 Å². The van der Waals surface area contributed by atoms with Gasteiger partial charge in [0.2, 0.25) is 0 Å². The third-order valence-electron chi connectivity index (χ3n) is 4.12. The molecule has 5 heteroatoms. The van der Waals surface area contributed by atoms with Crippen molar-refractivity contribution in [2.24, 2.45) is 5.92 Å². The van der Waals surface area contributed by atoms with Crippen LogP contribution in [0, 0.1) is 5.92 Å². The molecule has 0 amide bonds. The van der Waals surface area contributed by atoms with Crippen molar-refractivity contribution < 1.29 is 5.11 Å². The maximum absolute atomic E-state index is 9.53. The first-order chi connectivity index (χ1) is 10.3. The summed E-state index contributed by atoms with van der Waals surface area (Å²) in [6, 6.07) is 2.31. The number of hydrogen-bond donors (Lipinski definition) is 3. The Hall–Kier alpha value is -1.36. The largest absolute Gasteiger partial charge is 0.396 e. The van der Waals surface area contributed by atoms with E-state index in [4.69, 9.17) is 0 Å². The highest BCUT2D eigenvalue weighted by Gasteiger charge is 2.24. The monoisotopic (exact) mass is 292 g/mol. The molecule has 2 unspecified atom stereocenters. The van der Waals surface area contributed by atoms with E-state index in [-0.39, 0.29) is 6.61 Å². The van der Waals surface area contributed by atoms with Gasteiger partial charge in [0.1, 0.15) is 17.5 Å². The van der Waals surface area contributed by atoms with Crippen LogP contribution in [-0.4, -0.2) is 34.3 Å². The normalized spacial score (nSPS) is 22.0. The molecule has 5 nitrogen and oxygen atoms in total. The van der Waals surface area contributed by atoms with Crippen LogP contribution in [0.2, 0.25) is 0 Å². The summed E-state index contributed by atoms with van der Waals surface area (Å²) < 4.78 is 0. The van der Waals surface area contributed by atoms with Crippen molar-refractivity contribution in [1.29, 1.82) is 0 Å². The molecule has 0 radical (unpaired) electrons. The molecule has 0 aromatic carbocycles. The summed E-state index contributed by atoms with van der Waals surface area (Å²) >= 11 is 0. The zero-order chi connectivity index (χ0) is 15.1. The first kappa shape index (κ1) is 16.0. The Balaban J connectivity index is 2.10. The minimum atomic E-state index is 0.254. The fourth-order valence-electron chi connectivity index (χ4n) is 2.88. The molecule has 0 aliphatic heterocycles. The van der Waals surface area contributed by atoms with E-state index in [1.807, 2.05) is 6.07 Å². The fraction of sp³-hybridized carbons (Fsp3) is 0.750. The maximum atomic E-state index is 9.53. The van der Waals surface area contributed by atoms with Gasteiger partial charge in [-0.05, 0) is 19.3 Å². The van der Waals surface area contributed by atoms with E-state index in [0.717, 1.165) is 49.7 Å². The number of aliphatic hydroxyl groups is 1. The van der Waals surface area contributed by atoms with Crippen molar-refractivity contribution in [2.45, 2.75) is 58.4 Å². The number of hydrogen-bond acceptors (Lipinski definition) is 5. The number of aliphatic hydroxyl groups excluding tert-OH is 1. The number of rotatable bonds is 7. The Morgan fingerprint density at radius 2 is 1.95 bits per heavy atom. The van der Waals surface area contributed by atoms with Crippen LogP contribution >= 0.6 is 0 Å². The number of nitrogens with zero attached hydrogens (tertiary/aromatic N) is 2. The average Bonchev–Trinajstić information content (AvgIpc) is 2.53. The van der Waals surface area contributed by atoms with Gasteiger partial charge in [0.05, 0.1) is 0 Å². The molecule has 1 fully saturated rings. The smallest absolute Gasteiger partial charge is 0.132 e. The van der Waals surface area contributed by atoms with Gasteiger partial charge in [0.15, 0.2) is 0 Å². The van der Waals surface area contributed by atoms with Crippen molar-refractivity contribution in [2.75, 3.05) is 23.8 Å². The molecule has 1 heterocycles. The molecule has 1 aromatic rings. The zero-order valence-electron chi connectivity index (χ0n) is 13.2. The number of aryl methyl sites for hydroxylation is 1. The molecule has 1 aliphatic rings. The standard InChI is InChI=1S/C16H28N4O/c1-3-9-17-15-10-16(20-14(4-2)19-15)18-13-8-6-5-7-12(13)11-21/h10,12-13,21H,3-9,11H2,1-2H3,(H2,17,18,19,20). The van der Waals surface area contributed by atoms with Gasteiger partial charge in [-0.2, -0.15) is 0 Å². The second kappa shape index (κ2) is 8.17. The van der Waals surface area contributed by atoms with Crippen molar-refractivity contribution >= 4 is 11.6 Å². The van der Waals surface area contributed by atoms with Crippen molar-refractivity contribution in [1.82, 2.24) is 9.97 Å². The van der Waals surface area contributed by atoms with Gasteiger partial charge in [-0.3, -0.25) is 0 Å². The molecule has 21 heavy (non-hydrogen) atoms. The van der Waals surface area contributed by atoms with Gasteiger partial charge in [-0.15, -0.1) is 0 Å². The van der Waals surface area contributed by atoms with Crippen molar-refractivity contribution in [3.05, 3.63) is 11.9 Å². The van der Waals surface area contributed by atoms with E-state index in [9.17, 15) is 5.11 Å². The minimum absolute atomic E-state index is 0.254. The molecule has 3 N–H and O–H groups in total. The van der Waals surface area contributed by atoms with Crippen LogP contribution in [-0.2, 0) is 6.42 Å². The van der Waals surface area contributed by atoms with Gasteiger partial charge in [-0.25, -0.2) is 9.97 Å². The molecule has 0 bridgehead atoms. The van der Waals surface area contributed by atoms with Gasteiger partial charge >= 0.3 is 0 Å². The number of aromatic nitrogens is 2. The van der Waals surface area contributed by atoms with Crippen molar-refractivity contribution in [3.8, 4) is 0 Å². The summed E-state index contributed by atoms with van der Waals surface area (Å²) in [7, 11) is 0. The van der Waals surface area contributed by atoms with Gasteiger partial charge in [0, 0.05) is 37.6 Å². The Morgan fingerprint density at radius 1 is 1.19 bits per heavy atom. The van der Waals surface area contributed by atoms with Crippen LogP contribution in [0.25, 0.3) is 0 Å². The molecule has 2 rings (SSSR count). The first-order valence-corrected chi connectivity index (χ1v) is 8.26. The SMILES string of the molecule is CCCNc1cc(NC2CCCCC2CO)nc(CC)n1. The van der Waals surface area contributed by atoms with E-state index in [1.54, 1.807) is 0 Å². The third kappa shape index (κ3) is 4.56. The number of nitrogens with one attached hydrogen (secondary N) is 2. The second-order valence-electron chi connectivity index (χ2n) is 5.81. The average molecular weight is 292 g/mol. The van der Waals surface area contributed by atoms with E-state index in [1.165, 1.54) is 12.8 Å². The summed E-state index contributed by atoms with van der Waals surface area (Å²) in [5, 5.41) is 16.4. The lowest BCUT2D eigenvalue weighted by atomic mass is 9.85. The van der Waals surface area contributed by atoms with Crippen LogP contribution in [0.4, 0.5) is 11.6 Å². The first-order valence-electron chi connectivity index (χ1n) is 8.26. The highest BCUT2D eigenvalue weighted by atomic mass is 16.3. The Bertz CT molecular complexity index is 438. The fourth-order valence-corrected chi connectivity index (χ4v) is 2.88. The quantitative estimate of drug-likeness (QED) is 0.721. The summed E-state index contributed by atoms with van der Waals surface area (Å²) in [4.78, 5) is 9.09. The van der Waals surface area contributed by atoms with E-state index in [0.29, 0.717) is 12.0 Å². The summed E-state index contributed by atoms with van der Waals surface area (Å²) in [5.74, 6) is 2.97. The molecular formula is C16H28N4O. The van der Waals surface area contributed by atoms with E-state index < -0.39 is 0 Å². The van der Waals surface area contributed by atoms with Crippen LogP contribution in [0.5, 0.6) is 0 Å². The Kier molecular flexibility index (Phi) is 6.23. The van der Waals surface area contributed by atoms with Gasteiger partial charge in [-0.1, -0.05) is 26.7 Å². The third-order valence-corrected chi connectivity index (χ3v) is 4.12. The Morgan fingerprint density at radius 3 is 2.67 bits per heavy atom. The Labute approximate surface area is 127 Å². The predicted molar refractivity (Wildman–Crippen MR) is 86.6 cm³/mol. The highest BCUT2D eigenvalue weighted by Crippen LogP contribution is 2.27. The second-order valence-corrected chi connectivity index (χ2v) is 5.81. The van der Waals surface area contributed by atoms with E-state index >= 15 is 0 Å². The molecule has 1 aromatic heterocycles. The van der Waals surface area contributed by atoms with Crippen LogP contribution in [0.1, 0.15) is 51.8 Å². The minimum Gasteiger partial charge on any atom is -0.396 e. The maximum Gasteiger partial charge on any atom is 0.132 e.